The van der Waals surface area contributed by atoms with Gasteiger partial charge in [0.1, 0.15) is 0 Å². The molecule has 0 radical (unpaired) electrons. The Morgan fingerprint density at radius 3 is 3.05 bits per heavy atom. The van der Waals surface area contributed by atoms with Gasteiger partial charge in [-0.1, -0.05) is 22.9 Å². The number of carbonyl (C=O) groups excluding carboxylic acids is 1. The van der Waals surface area contributed by atoms with Crippen molar-refractivity contribution in [2.75, 3.05) is 25.1 Å². The van der Waals surface area contributed by atoms with Crippen molar-refractivity contribution in [1.82, 2.24) is 15.1 Å². The van der Waals surface area contributed by atoms with E-state index in [0.29, 0.717) is 31.7 Å². The molecule has 0 saturated carbocycles. The number of rotatable bonds is 3. The average molecular weight is 328 g/mol. The number of alkyl halides is 1. The highest BCUT2D eigenvalue weighted by Gasteiger charge is 2.28. The van der Waals surface area contributed by atoms with Crippen molar-refractivity contribution >= 4 is 21.8 Å². The van der Waals surface area contributed by atoms with Crippen LogP contribution in [0.4, 0.5) is 0 Å². The van der Waals surface area contributed by atoms with E-state index < -0.39 is 0 Å². The fraction of sp³-hybridized carbons (Fsp3) is 0.615. The summed E-state index contributed by atoms with van der Waals surface area (Å²) in [7, 11) is 0. The molecule has 104 valence electrons. The maximum atomic E-state index is 12.7. The topological polar surface area (TPSA) is 55.3 Å². The number of carbonyl (C=O) groups is 1. The summed E-state index contributed by atoms with van der Waals surface area (Å²) in [5.74, 6) is 0.0302. The van der Waals surface area contributed by atoms with Crippen LogP contribution < -0.4 is 0 Å². The van der Waals surface area contributed by atoms with Gasteiger partial charge in [0.15, 0.2) is 0 Å². The highest BCUT2D eigenvalue weighted by Crippen LogP contribution is 2.16. The lowest BCUT2D eigenvalue weighted by Crippen LogP contribution is -2.49. The largest absolute Gasteiger partial charge is 0.377 e. The van der Waals surface area contributed by atoms with E-state index in [1.165, 1.54) is 0 Å². The second-order valence-electron chi connectivity index (χ2n) is 4.58. The summed E-state index contributed by atoms with van der Waals surface area (Å²) < 4.78 is 5.42. The molecule has 0 N–H and O–H groups in total. The molecule has 1 atom stereocenters. The predicted octanol–water partition coefficient (Wildman–Crippen LogP) is 1.58. The van der Waals surface area contributed by atoms with Crippen LogP contribution in [-0.4, -0.2) is 52.1 Å². The Kier molecular flexibility index (Phi) is 4.87. The van der Waals surface area contributed by atoms with Crippen LogP contribution in [0.15, 0.2) is 6.07 Å². The first-order chi connectivity index (χ1) is 9.17. The Labute approximate surface area is 121 Å². The molecule has 1 unspecified atom stereocenters. The number of amides is 1. The normalized spacial score (nSPS) is 19.5. The maximum Gasteiger partial charge on any atom is 0.256 e. The molecule has 0 bridgehead atoms. The summed E-state index contributed by atoms with van der Waals surface area (Å²) in [6.07, 6.45) is 0.706. The molecule has 5 nitrogen and oxygen atoms in total. The second kappa shape index (κ2) is 6.43. The van der Waals surface area contributed by atoms with Gasteiger partial charge in [0.2, 0.25) is 0 Å². The summed E-state index contributed by atoms with van der Waals surface area (Å²) in [5, 5.41) is 8.87. The lowest BCUT2D eigenvalue weighted by molar-refractivity contribution is 0.00514. The van der Waals surface area contributed by atoms with Crippen LogP contribution in [0.3, 0.4) is 0 Å². The molecule has 1 aliphatic heterocycles. The van der Waals surface area contributed by atoms with Crippen molar-refractivity contribution in [3.05, 3.63) is 23.0 Å². The van der Waals surface area contributed by atoms with Gasteiger partial charge < -0.3 is 9.64 Å². The number of aromatic nitrogens is 2. The van der Waals surface area contributed by atoms with Crippen LogP contribution in [0, 0.1) is 6.92 Å². The predicted molar refractivity (Wildman–Crippen MR) is 75.6 cm³/mol. The highest BCUT2D eigenvalue weighted by molar-refractivity contribution is 9.09. The summed E-state index contributed by atoms with van der Waals surface area (Å²) in [5.41, 5.74) is 2.20. The van der Waals surface area contributed by atoms with Crippen molar-refractivity contribution < 1.29 is 9.53 Å². The van der Waals surface area contributed by atoms with E-state index >= 15 is 0 Å². The molecule has 1 saturated heterocycles. The minimum atomic E-state index is 0.0302. The first-order valence-electron chi connectivity index (χ1n) is 6.45. The molecular weight excluding hydrogens is 310 g/mol. The Morgan fingerprint density at radius 1 is 1.58 bits per heavy atom. The van der Waals surface area contributed by atoms with Gasteiger partial charge in [0.05, 0.1) is 36.2 Å². The zero-order valence-corrected chi connectivity index (χ0v) is 12.8. The molecule has 2 heterocycles. The Bertz CT molecular complexity index is 467. The van der Waals surface area contributed by atoms with Crippen LogP contribution in [-0.2, 0) is 11.2 Å². The monoisotopic (exact) mass is 327 g/mol. The van der Waals surface area contributed by atoms with Gasteiger partial charge >= 0.3 is 0 Å². The summed E-state index contributed by atoms with van der Waals surface area (Å²) in [6.45, 7) is 5.63. The Hall–Kier alpha value is -1.01. The molecule has 0 spiro atoms. The van der Waals surface area contributed by atoms with E-state index in [2.05, 4.69) is 26.1 Å². The first kappa shape index (κ1) is 14.4. The quantitative estimate of drug-likeness (QED) is 0.791. The van der Waals surface area contributed by atoms with Gasteiger partial charge in [0, 0.05) is 11.9 Å². The third-order valence-electron chi connectivity index (χ3n) is 3.22. The molecule has 2 rings (SSSR count). The summed E-state index contributed by atoms with van der Waals surface area (Å²) >= 11 is 3.44. The van der Waals surface area contributed by atoms with Gasteiger partial charge in [-0.15, -0.1) is 0 Å². The van der Waals surface area contributed by atoms with Crippen molar-refractivity contribution in [1.29, 1.82) is 0 Å². The number of ether oxygens (including phenoxy) is 1. The van der Waals surface area contributed by atoms with Crippen LogP contribution >= 0.6 is 15.9 Å². The van der Waals surface area contributed by atoms with Gasteiger partial charge in [-0.3, -0.25) is 4.79 Å². The van der Waals surface area contributed by atoms with Crippen molar-refractivity contribution in [3.8, 4) is 0 Å². The van der Waals surface area contributed by atoms with E-state index in [1.807, 2.05) is 24.8 Å². The fourth-order valence-electron chi connectivity index (χ4n) is 2.17. The van der Waals surface area contributed by atoms with Gasteiger partial charge in [-0.2, -0.15) is 10.2 Å². The number of aryl methyl sites for hydroxylation is 2. The minimum absolute atomic E-state index is 0.0302. The maximum absolute atomic E-state index is 12.7. The first-order valence-corrected chi connectivity index (χ1v) is 7.57. The molecule has 0 aromatic carbocycles. The Balaban J connectivity index is 2.29. The van der Waals surface area contributed by atoms with Crippen molar-refractivity contribution in [2.45, 2.75) is 26.3 Å². The smallest absolute Gasteiger partial charge is 0.256 e. The third kappa shape index (κ3) is 3.12. The lowest BCUT2D eigenvalue weighted by Gasteiger charge is -2.34. The van der Waals surface area contributed by atoms with Crippen LogP contribution in [0.25, 0.3) is 0 Å². The molecule has 1 aromatic heterocycles. The zero-order valence-electron chi connectivity index (χ0n) is 11.2. The number of hydrogen-bond acceptors (Lipinski definition) is 4. The Morgan fingerprint density at radius 2 is 2.37 bits per heavy atom. The summed E-state index contributed by atoms with van der Waals surface area (Å²) in [4.78, 5) is 14.6. The van der Waals surface area contributed by atoms with E-state index in [0.717, 1.165) is 16.7 Å². The number of hydrogen-bond donors (Lipinski definition) is 0. The van der Waals surface area contributed by atoms with Crippen LogP contribution in [0.5, 0.6) is 0 Å². The molecular formula is C13H18BrN3O2. The van der Waals surface area contributed by atoms with E-state index in [1.54, 1.807) is 0 Å². The van der Waals surface area contributed by atoms with Gasteiger partial charge in [-0.05, 0) is 19.4 Å². The number of nitrogens with zero attached hydrogens (tertiary/aromatic N) is 3. The molecule has 6 heteroatoms. The van der Waals surface area contributed by atoms with Gasteiger partial charge in [0.25, 0.3) is 5.91 Å². The number of halogens is 1. The minimum Gasteiger partial charge on any atom is -0.377 e. The van der Waals surface area contributed by atoms with Crippen molar-refractivity contribution in [3.63, 3.8) is 0 Å². The molecule has 1 fully saturated rings. The second-order valence-corrected chi connectivity index (χ2v) is 5.23. The van der Waals surface area contributed by atoms with E-state index in [-0.39, 0.29) is 11.9 Å². The zero-order chi connectivity index (χ0) is 13.8. The highest BCUT2D eigenvalue weighted by atomic mass is 79.9. The van der Waals surface area contributed by atoms with Gasteiger partial charge in [-0.25, -0.2) is 0 Å². The molecule has 0 aliphatic carbocycles. The van der Waals surface area contributed by atoms with Crippen LogP contribution in [0.2, 0.25) is 0 Å². The molecule has 1 aliphatic rings. The lowest BCUT2D eigenvalue weighted by atomic mass is 10.1. The van der Waals surface area contributed by atoms with Crippen molar-refractivity contribution in [2.24, 2.45) is 0 Å². The van der Waals surface area contributed by atoms with E-state index in [4.69, 9.17) is 4.74 Å². The molecule has 1 aromatic rings. The summed E-state index contributed by atoms with van der Waals surface area (Å²) in [6, 6.07) is 1.91. The third-order valence-corrected chi connectivity index (χ3v) is 3.97. The average Bonchev–Trinajstić information content (AvgIpc) is 2.46. The SMILES string of the molecule is CCc1nnc(C)cc1C(=O)N1CCOCC1CBr. The fourth-order valence-corrected chi connectivity index (χ4v) is 2.70. The number of morpholine rings is 1. The molecule has 1 amide bonds. The van der Waals surface area contributed by atoms with Crippen LogP contribution in [0.1, 0.15) is 28.7 Å². The van der Waals surface area contributed by atoms with E-state index in [9.17, 15) is 4.79 Å². The standard InChI is InChI=1S/C13H18BrN3O2/c1-3-12-11(6-9(2)15-16-12)13(18)17-4-5-19-8-10(17)7-14/h6,10H,3-5,7-8H2,1-2H3. The molecule has 19 heavy (non-hydrogen) atoms.